The molecule has 0 bridgehead atoms. The smallest absolute Gasteiger partial charge is 0.311 e. The maximum absolute atomic E-state index is 11.6. The van der Waals surface area contributed by atoms with E-state index in [-0.39, 0.29) is 23.8 Å². The summed E-state index contributed by atoms with van der Waals surface area (Å²) in [5.74, 6) is -0.404. The molecule has 2 rings (SSSR count). The van der Waals surface area contributed by atoms with E-state index < -0.39 is 0 Å². The quantitative estimate of drug-likeness (QED) is 0.633. The molecule has 0 radical (unpaired) electrons. The van der Waals surface area contributed by atoms with E-state index in [0.29, 0.717) is 19.6 Å². The molecule has 2 aliphatic rings. The average molecular weight is 212 g/mol. The van der Waals surface area contributed by atoms with Gasteiger partial charge >= 0.3 is 5.97 Å². The summed E-state index contributed by atoms with van der Waals surface area (Å²) < 4.78 is 4.92. The Morgan fingerprint density at radius 1 is 1.60 bits per heavy atom. The van der Waals surface area contributed by atoms with Gasteiger partial charge in [-0.3, -0.25) is 9.59 Å². The lowest BCUT2D eigenvalue weighted by molar-refractivity contribution is -0.147. The Balaban J connectivity index is 1.91. The van der Waals surface area contributed by atoms with Crippen molar-refractivity contribution in [3.05, 3.63) is 0 Å². The monoisotopic (exact) mass is 212 g/mol. The molecule has 0 aliphatic carbocycles. The third-order valence-electron chi connectivity index (χ3n) is 2.98. The zero-order valence-corrected chi connectivity index (χ0v) is 8.86. The van der Waals surface area contributed by atoms with Crippen LogP contribution < -0.4 is 5.32 Å². The van der Waals surface area contributed by atoms with E-state index in [1.165, 1.54) is 0 Å². The number of nitrogens with zero attached hydrogens (tertiary/aromatic N) is 1. The van der Waals surface area contributed by atoms with E-state index >= 15 is 0 Å². The Hall–Kier alpha value is -1.10. The molecule has 0 aromatic heterocycles. The van der Waals surface area contributed by atoms with Gasteiger partial charge in [0.15, 0.2) is 0 Å². The molecule has 2 heterocycles. The van der Waals surface area contributed by atoms with Gasteiger partial charge in [-0.25, -0.2) is 0 Å². The zero-order chi connectivity index (χ0) is 10.8. The number of likely N-dealkylation sites (tertiary alicyclic amines) is 1. The lowest BCUT2D eigenvalue weighted by Crippen LogP contribution is -2.57. The Bertz CT molecular complexity index is 276. The maximum Gasteiger partial charge on any atom is 0.311 e. The lowest BCUT2D eigenvalue weighted by atomic mass is 10.1. The highest BCUT2D eigenvalue weighted by atomic mass is 16.5. The number of nitrogens with one attached hydrogen (secondary N) is 1. The molecular formula is C10H16N2O3. The molecule has 15 heavy (non-hydrogen) atoms. The van der Waals surface area contributed by atoms with Crippen molar-refractivity contribution in [2.75, 3.05) is 26.2 Å². The second kappa shape index (κ2) is 4.18. The molecule has 1 amide bonds. The summed E-state index contributed by atoms with van der Waals surface area (Å²) >= 11 is 0. The SMILES string of the molecule is CCOC(=O)C1CC(=O)N(C2CNC2)C1. The normalized spacial score (nSPS) is 26.6. The molecular weight excluding hydrogens is 196 g/mol. The first-order valence-corrected chi connectivity index (χ1v) is 5.39. The fourth-order valence-electron chi connectivity index (χ4n) is 2.00. The van der Waals surface area contributed by atoms with Gasteiger partial charge in [0.25, 0.3) is 0 Å². The zero-order valence-electron chi connectivity index (χ0n) is 8.86. The Morgan fingerprint density at radius 2 is 2.33 bits per heavy atom. The first-order valence-electron chi connectivity index (χ1n) is 5.39. The second-order valence-electron chi connectivity index (χ2n) is 4.01. The molecule has 1 unspecified atom stereocenters. The van der Waals surface area contributed by atoms with Gasteiger partial charge in [-0.1, -0.05) is 0 Å². The molecule has 84 valence electrons. The molecule has 2 fully saturated rings. The van der Waals surface area contributed by atoms with E-state index in [2.05, 4.69) is 5.32 Å². The molecule has 0 spiro atoms. The molecule has 1 atom stereocenters. The summed E-state index contributed by atoms with van der Waals surface area (Å²) in [5, 5.41) is 3.12. The summed E-state index contributed by atoms with van der Waals surface area (Å²) in [4.78, 5) is 24.9. The largest absolute Gasteiger partial charge is 0.466 e. The average Bonchev–Trinajstić information content (AvgIpc) is 2.46. The highest BCUT2D eigenvalue weighted by Gasteiger charge is 2.40. The Kier molecular flexibility index (Phi) is 2.90. The van der Waals surface area contributed by atoms with E-state index in [0.717, 1.165) is 13.1 Å². The van der Waals surface area contributed by atoms with E-state index in [1.54, 1.807) is 11.8 Å². The number of ether oxygens (including phenoxy) is 1. The van der Waals surface area contributed by atoms with Gasteiger partial charge in [0.2, 0.25) is 5.91 Å². The van der Waals surface area contributed by atoms with Gasteiger partial charge in [0.1, 0.15) is 0 Å². The minimum Gasteiger partial charge on any atom is -0.466 e. The van der Waals surface area contributed by atoms with Crippen molar-refractivity contribution < 1.29 is 14.3 Å². The van der Waals surface area contributed by atoms with Crippen LogP contribution in [-0.4, -0.2) is 49.1 Å². The molecule has 0 aromatic rings. The molecule has 2 saturated heterocycles. The molecule has 5 nitrogen and oxygen atoms in total. The fourth-order valence-corrected chi connectivity index (χ4v) is 2.00. The van der Waals surface area contributed by atoms with Crippen LogP contribution in [0.3, 0.4) is 0 Å². The first kappa shape index (κ1) is 10.4. The number of esters is 1. The van der Waals surface area contributed by atoms with Gasteiger partial charge in [-0.15, -0.1) is 0 Å². The van der Waals surface area contributed by atoms with Crippen molar-refractivity contribution in [1.29, 1.82) is 0 Å². The summed E-state index contributed by atoms with van der Waals surface area (Å²) in [6.07, 6.45) is 0.315. The number of rotatable bonds is 3. The highest BCUT2D eigenvalue weighted by molar-refractivity contribution is 5.87. The van der Waals surface area contributed by atoms with Gasteiger partial charge in [-0.05, 0) is 6.92 Å². The summed E-state index contributed by atoms with van der Waals surface area (Å²) in [6.45, 7) is 4.39. The van der Waals surface area contributed by atoms with Crippen LogP contribution >= 0.6 is 0 Å². The van der Waals surface area contributed by atoms with Crippen molar-refractivity contribution in [1.82, 2.24) is 10.2 Å². The van der Waals surface area contributed by atoms with Crippen LogP contribution in [-0.2, 0) is 14.3 Å². The van der Waals surface area contributed by atoms with Crippen LogP contribution in [0.2, 0.25) is 0 Å². The summed E-state index contributed by atoms with van der Waals surface area (Å²) in [7, 11) is 0. The van der Waals surface area contributed by atoms with E-state index in [9.17, 15) is 9.59 Å². The lowest BCUT2D eigenvalue weighted by Gasteiger charge is -2.35. The van der Waals surface area contributed by atoms with E-state index in [1.807, 2.05) is 0 Å². The second-order valence-corrected chi connectivity index (χ2v) is 4.01. The van der Waals surface area contributed by atoms with Crippen LogP contribution in [0.25, 0.3) is 0 Å². The Morgan fingerprint density at radius 3 is 2.87 bits per heavy atom. The van der Waals surface area contributed by atoms with E-state index in [4.69, 9.17) is 4.74 Å². The predicted octanol–water partition coefficient (Wildman–Crippen LogP) is -0.630. The topological polar surface area (TPSA) is 58.6 Å². The van der Waals surface area contributed by atoms with Crippen molar-refractivity contribution in [3.8, 4) is 0 Å². The number of carbonyl (C=O) groups excluding carboxylic acids is 2. The van der Waals surface area contributed by atoms with Crippen LogP contribution in [0, 0.1) is 5.92 Å². The number of amides is 1. The van der Waals surface area contributed by atoms with Crippen molar-refractivity contribution >= 4 is 11.9 Å². The maximum atomic E-state index is 11.6. The third kappa shape index (κ3) is 1.97. The highest BCUT2D eigenvalue weighted by Crippen LogP contribution is 2.22. The van der Waals surface area contributed by atoms with Crippen LogP contribution in [0.15, 0.2) is 0 Å². The number of hydrogen-bond acceptors (Lipinski definition) is 4. The van der Waals surface area contributed by atoms with Crippen molar-refractivity contribution in [3.63, 3.8) is 0 Å². The van der Waals surface area contributed by atoms with Gasteiger partial charge in [0, 0.05) is 26.1 Å². The van der Waals surface area contributed by atoms with Crippen LogP contribution in [0.5, 0.6) is 0 Å². The first-order chi connectivity index (χ1) is 7.22. The molecule has 1 N–H and O–H groups in total. The number of carbonyl (C=O) groups is 2. The van der Waals surface area contributed by atoms with Crippen LogP contribution in [0.1, 0.15) is 13.3 Å². The molecule has 0 aromatic carbocycles. The van der Waals surface area contributed by atoms with Gasteiger partial charge < -0.3 is 15.0 Å². The molecule has 5 heteroatoms. The molecule has 0 saturated carbocycles. The minimum absolute atomic E-state index is 0.0829. The Labute approximate surface area is 88.8 Å². The fraction of sp³-hybridized carbons (Fsp3) is 0.800. The van der Waals surface area contributed by atoms with Crippen molar-refractivity contribution in [2.45, 2.75) is 19.4 Å². The standard InChI is InChI=1S/C10H16N2O3/c1-2-15-10(14)7-3-9(13)12(6-7)8-4-11-5-8/h7-8,11H,2-6H2,1H3. The van der Waals surface area contributed by atoms with Crippen molar-refractivity contribution in [2.24, 2.45) is 5.92 Å². The number of hydrogen-bond donors (Lipinski definition) is 1. The molecule has 2 aliphatic heterocycles. The third-order valence-corrected chi connectivity index (χ3v) is 2.98. The van der Waals surface area contributed by atoms with Gasteiger partial charge in [0.05, 0.1) is 18.6 Å². The van der Waals surface area contributed by atoms with Gasteiger partial charge in [-0.2, -0.15) is 0 Å². The van der Waals surface area contributed by atoms with Crippen LogP contribution in [0.4, 0.5) is 0 Å². The minimum atomic E-state index is -0.252. The predicted molar refractivity (Wildman–Crippen MR) is 53.1 cm³/mol. The summed E-state index contributed by atoms with van der Waals surface area (Å²) in [6, 6.07) is 0.289. The summed E-state index contributed by atoms with van der Waals surface area (Å²) in [5.41, 5.74) is 0.